The standard InChI is InChI=1S/C10H9FN2O2/c1-2-5-12-7-8-3-4-10(13(14)15)9(11)6-8/h1,3-4,6,12H,5,7H2. The summed E-state index contributed by atoms with van der Waals surface area (Å²) in [6.45, 7) is 0.762. The maximum absolute atomic E-state index is 13.1. The Hall–Kier alpha value is -1.93. The molecule has 0 amide bonds. The molecule has 1 N–H and O–H groups in total. The highest BCUT2D eigenvalue weighted by molar-refractivity contribution is 5.34. The largest absolute Gasteiger partial charge is 0.304 e. The Balaban J connectivity index is 2.74. The lowest BCUT2D eigenvalue weighted by atomic mass is 10.2. The zero-order valence-corrected chi connectivity index (χ0v) is 7.87. The number of terminal acetylenes is 1. The Labute approximate surface area is 86.3 Å². The fourth-order valence-corrected chi connectivity index (χ4v) is 1.09. The number of nitrogens with zero attached hydrogens (tertiary/aromatic N) is 1. The lowest BCUT2D eigenvalue weighted by molar-refractivity contribution is -0.387. The van der Waals surface area contributed by atoms with Crippen molar-refractivity contribution in [3.63, 3.8) is 0 Å². The molecule has 0 aromatic heterocycles. The van der Waals surface area contributed by atoms with Crippen molar-refractivity contribution < 1.29 is 9.31 Å². The number of nitrogens with one attached hydrogen (secondary N) is 1. The van der Waals surface area contributed by atoms with E-state index in [1.54, 1.807) is 0 Å². The van der Waals surface area contributed by atoms with Gasteiger partial charge in [-0.1, -0.05) is 12.0 Å². The normalized spacial score (nSPS) is 9.60. The summed E-state index contributed by atoms with van der Waals surface area (Å²) in [5.41, 5.74) is 0.101. The topological polar surface area (TPSA) is 55.2 Å². The van der Waals surface area contributed by atoms with E-state index in [0.717, 1.165) is 12.1 Å². The summed E-state index contributed by atoms with van der Waals surface area (Å²) >= 11 is 0. The first kappa shape index (κ1) is 11.1. The number of nitro benzene ring substituents is 1. The van der Waals surface area contributed by atoms with Crippen LogP contribution < -0.4 is 5.32 Å². The maximum Gasteiger partial charge on any atom is 0.304 e. The van der Waals surface area contributed by atoms with Gasteiger partial charge in [0.1, 0.15) is 0 Å². The van der Waals surface area contributed by atoms with Crippen molar-refractivity contribution in [1.82, 2.24) is 5.32 Å². The fourth-order valence-electron chi connectivity index (χ4n) is 1.09. The summed E-state index contributed by atoms with van der Waals surface area (Å²) in [6.07, 6.45) is 5.01. The third kappa shape index (κ3) is 3.04. The van der Waals surface area contributed by atoms with Gasteiger partial charge in [-0.15, -0.1) is 6.42 Å². The SMILES string of the molecule is C#CCNCc1ccc([N+](=O)[O-])c(F)c1. The number of hydrogen-bond acceptors (Lipinski definition) is 3. The van der Waals surface area contributed by atoms with Gasteiger partial charge in [-0.2, -0.15) is 4.39 Å². The van der Waals surface area contributed by atoms with Gasteiger partial charge in [0.2, 0.25) is 5.82 Å². The zero-order chi connectivity index (χ0) is 11.3. The van der Waals surface area contributed by atoms with Crippen LogP contribution in [-0.2, 0) is 6.54 Å². The molecule has 0 aliphatic rings. The molecule has 15 heavy (non-hydrogen) atoms. The van der Waals surface area contributed by atoms with Crippen LogP contribution in [0.4, 0.5) is 10.1 Å². The molecule has 0 spiro atoms. The van der Waals surface area contributed by atoms with E-state index in [1.807, 2.05) is 0 Å². The lowest BCUT2D eigenvalue weighted by Gasteiger charge is -2.01. The monoisotopic (exact) mass is 208 g/mol. The summed E-state index contributed by atoms with van der Waals surface area (Å²) in [4.78, 5) is 9.56. The molecule has 0 aliphatic carbocycles. The van der Waals surface area contributed by atoms with E-state index in [-0.39, 0.29) is 0 Å². The molecular weight excluding hydrogens is 199 g/mol. The van der Waals surface area contributed by atoms with Crippen molar-refractivity contribution in [1.29, 1.82) is 0 Å². The fraction of sp³-hybridized carbons (Fsp3) is 0.200. The van der Waals surface area contributed by atoms with Crippen LogP contribution in [0.2, 0.25) is 0 Å². The minimum Gasteiger partial charge on any atom is -0.302 e. The van der Waals surface area contributed by atoms with Gasteiger partial charge in [0.15, 0.2) is 0 Å². The molecule has 1 aromatic rings. The van der Waals surface area contributed by atoms with Gasteiger partial charge in [0, 0.05) is 12.6 Å². The Kier molecular flexibility index (Phi) is 3.77. The second-order valence-electron chi connectivity index (χ2n) is 2.85. The Bertz CT molecular complexity index is 412. The summed E-state index contributed by atoms with van der Waals surface area (Å²) in [5, 5.41) is 13.2. The number of nitro groups is 1. The van der Waals surface area contributed by atoms with Crippen molar-refractivity contribution in [2.45, 2.75) is 6.54 Å². The van der Waals surface area contributed by atoms with Gasteiger partial charge in [-0.05, 0) is 11.6 Å². The summed E-state index contributed by atoms with van der Waals surface area (Å²) < 4.78 is 13.1. The average molecular weight is 208 g/mol. The van der Waals surface area contributed by atoms with Crippen molar-refractivity contribution in [2.24, 2.45) is 0 Å². The summed E-state index contributed by atoms with van der Waals surface area (Å²) in [7, 11) is 0. The van der Waals surface area contributed by atoms with Crippen LogP contribution in [0.25, 0.3) is 0 Å². The third-order valence-corrected chi connectivity index (χ3v) is 1.76. The second kappa shape index (κ2) is 5.08. The molecule has 5 heteroatoms. The van der Waals surface area contributed by atoms with Gasteiger partial charge in [0.25, 0.3) is 0 Å². The maximum atomic E-state index is 13.1. The van der Waals surface area contributed by atoms with Gasteiger partial charge in [-0.3, -0.25) is 10.1 Å². The van der Waals surface area contributed by atoms with E-state index in [4.69, 9.17) is 6.42 Å². The number of halogens is 1. The van der Waals surface area contributed by atoms with Crippen LogP contribution in [0.5, 0.6) is 0 Å². The minimum atomic E-state index is -0.833. The molecular formula is C10H9FN2O2. The third-order valence-electron chi connectivity index (χ3n) is 1.76. The lowest BCUT2D eigenvalue weighted by Crippen LogP contribution is -2.13. The predicted molar refractivity (Wildman–Crippen MR) is 53.6 cm³/mol. The van der Waals surface area contributed by atoms with Gasteiger partial charge >= 0.3 is 5.69 Å². The van der Waals surface area contributed by atoms with E-state index in [1.165, 1.54) is 6.07 Å². The van der Waals surface area contributed by atoms with E-state index < -0.39 is 16.4 Å². The molecule has 0 bridgehead atoms. The van der Waals surface area contributed by atoms with Crippen molar-refractivity contribution in [3.05, 3.63) is 39.7 Å². The Morgan fingerprint density at radius 2 is 2.33 bits per heavy atom. The van der Waals surface area contributed by atoms with E-state index in [9.17, 15) is 14.5 Å². The van der Waals surface area contributed by atoms with E-state index in [0.29, 0.717) is 18.7 Å². The highest BCUT2D eigenvalue weighted by Gasteiger charge is 2.13. The Morgan fingerprint density at radius 1 is 1.60 bits per heavy atom. The molecule has 0 heterocycles. The van der Waals surface area contributed by atoms with Crippen molar-refractivity contribution in [2.75, 3.05) is 6.54 Å². The second-order valence-corrected chi connectivity index (χ2v) is 2.85. The molecule has 0 saturated carbocycles. The van der Waals surface area contributed by atoms with Crippen LogP contribution in [0.1, 0.15) is 5.56 Å². The average Bonchev–Trinajstić information content (AvgIpc) is 2.17. The van der Waals surface area contributed by atoms with Crippen LogP contribution in [0, 0.1) is 28.3 Å². The molecule has 1 rings (SSSR count). The molecule has 0 atom stereocenters. The number of hydrogen-bond donors (Lipinski definition) is 1. The van der Waals surface area contributed by atoms with Crippen LogP contribution in [0.3, 0.4) is 0 Å². The molecule has 0 aliphatic heterocycles. The van der Waals surface area contributed by atoms with Crippen molar-refractivity contribution >= 4 is 5.69 Å². The van der Waals surface area contributed by atoms with Gasteiger partial charge < -0.3 is 5.32 Å². The molecule has 0 fully saturated rings. The number of benzene rings is 1. The molecule has 0 radical (unpaired) electrons. The first-order valence-electron chi connectivity index (χ1n) is 4.22. The highest BCUT2D eigenvalue weighted by atomic mass is 19.1. The van der Waals surface area contributed by atoms with Gasteiger partial charge in [0.05, 0.1) is 11.5 Å². The van der Waals surface area contributed by atoms with Gasteiger partial charge in [-0.25, -0.2) is 0 Å². The first-order chi connectivity index (χ1) is 7.15. The molecule has 4 nitrogen and oxygen atoms in total. The smallest absolute Gasteiger partial charge is 0.302 e. The molecule has 0 unspecified atom stereocenters. The van der Waals surface area contributed by atoms with Crippen molar-refractivity contribution in [3.8, 4) is 12.3 Å². The van der Waals surface area contributed by atoms with Crippen LogP contribution in [-0.4, -0.2) is 11.5 Å². The molecule has 1 aromatic carbocycles. The highest BCUT2D eigenvalue weighted by Crippen LogP contribution is 2.17. The minimum absolute atomic E-state index is 0.374. The van der Waals surface area contributed by atoms with E-state index >= 15 is 0 Å². The Morgan fingerprint density at radius 3 is 2.87 bits per heavy atom. The number of rotatable bonds is 4. The first-order valence-corrected chi connectivity index (χ1v) is 4.22. The molecule has 78 valence electrons. The van der Waals surface area contributed by atoms with E-state index in [2.05, 4.69) is 11.2 Å². The summed E-state index contributed by atoms with van der Waals surface area (Å²) in [6, 6.07) is 3.76. The van der Waals surface area contributed by atoms with Crippen LogP contribution >= 0.6 is 0 Å². The predicted octanol–water partition coefficient (Wildman–Crippen LogP) is 1.46. The quantitative estimate of drug-likeness (QED) is 0.352. The molecule has 0 saturated heterocycles. The zero-order valence-electron chi connectivity index (χ0n) is 7.87. The summed E-state index contributed by atoms with van der Waals surface area (Å²) in [5.74, 6) is 1.54. The van der Waals surface area contributed by atoms with Crippen LogP contribution in [0.15, 0.2) is 18.2 Å².